The lowest BCUT2D eigenvalue weighted by Crippen LogP contribution is -2.32. The maximum atomic E-state index is 12.5. The van der Waals surface area contributed by atoms with Gasteiger partial charge in [0, 0.05) is 18.7 Å². The smallest absolute Gasteiger partial charge is 0.248 e. The van der Waals surface area contributed by atoms with Crippen LogP contribution in [-0.4, -0.2) is 31.7 Å². The Kier molecular flexibility index (Phi) is 5.52. The van der Waals surface area contributed by atoms with Gasteiger partial charge in [-0.05, 0) is 24.6 Å². The number of rotatable bonds is 7. The van der Waals surface area contributed by atoms with E-state index in [1.54, 1.807) is 6.92 Å². The molecule has 0 aliphatic heterocycles. The Bertz CT molecular complexity index is 585. The van der Waals surface area contributed by atoms with E-state index in [1.165, 1.54) is 22.5 Å². The van der Waals surface area contributed by atoms with Crippen LogP contribution in [0.1, 0.15) is 37.0 Å². The number of hydrogen-bond acceptors (Lipinski definition) is 4. The maximum absolute atomic E-state index is 12.5. The first-order chi connectivity index (χ1) is 9.34. The highest BCUT2D eigenvalue weighted by Gasteiger charge is 2.25. The number of nitrogen functional groups attached to an aromatic ring is 1. The lowest BCUT2D eigenvalue weighted by Gasteiger charge is -2.21. The fourth-order valence-electron chi connectivity index (χ4n) is 1.86. The van der Waals surface area contributed by atoms with Crippen LogP contribution in [0.25, 0.3) is 0 Å². The van der Waals surface area contributed by atoms with Crippen molar-refractivity contribution in [3.8, 4) is 0 Å². The molecule has 1 rings (SSSR count). The van der Waals surface area contributed by atoms with Gasteiger partial charge in [-0.3, -0.25) is 4.79 Å². The molecule has 0 spiro atoms. The molecule has 0 saturated carbocycles. The molecule has 112 valence electrons. The van der Waals surface area contributed by atoms with Crippen molar-refractivity contribution in [1.82, 2.24) is 4.31 Å². The minimum absolute atomic E-state index is 0.0143. The molecule has 0 saturated heterocycles. The fraction of sp³-hybridized carbons (Fsp3) is 0.462. The molecule has 0 aliphatic rings. The molecule has 1 amide bonds. The van der Waals surface area contributed by atoms with Crippen LogP contribution in [0, 0.1) is 0 Å². The van der Waals surface area contributed by atoms with Crippen molar-refractivity contribution in [1.29, 1.82) is 0 Å². The van der Waals surface area contributed by atoms with E-state index in [1.807, 2.05) is 6.92 Å². The number of benzene rings is 1. The molecule has 0 unspecified atom stereocenters. The van der Waals surface area contributed by atoms with Gasteiger partial charge in [0.1, 0.15) is 4.90 Å². The Balaban J connectivity index is 3.17. The maximum Gasteiger partial charge on any atom is 0.248 e. The van der Waals surface area contributed by atoms with Gasteiger partial charge in [-0.25, -0.2) is 8.42 Å². The molecule has 6 nitrogen and oxygen atoms in total. The zero-order chi connectivity index (χ0) is 15.3. The summed E-state index contributed by atoms with van der Waals surface area (Å²) in [5.74, 6) is -0.640. The second kappa shape index (κ2) is 6.71. The van der Waals surface area contributed by atoms with Gasteiger partial charge in [0.15, 0.2) is 0 Å². The van der Waals surface area contributed by atoms with Crippen LogP contribution in [0.2, 0.25) is 0 Å². The monoisotopic (exact) mass is 299 g/mol. The molecule has 20 heavy (non-hydrogen) atoms. The minimum atomic E-state index is -3.64. The van der Waals surface area contributed by atoms with Crippen LogP contribution in [0.3, 0.4) is 0 Å². The summed E-state index contributed by atoms with van der Waals surface area (Å²) >= 11 is 0. The molecule has 0 fully saturated rings. The highest BCUT2D eigenvalue weighted by Crippen LogP contribution is 2.23. The molecular weight excluding hydrogens is 278 g/mol. The lowest BCUT2D eigenvalue weighted by molar-refractivity contribution is 0.1000. The summed E-state index contributed by atoms with van der Waals surface area (Å²) < 4.78 is 26.4. The van der Waals surface area contributed by atoms with E-state index in [9.17, 15) is 13.2 Å². The zero-order valence-corrected chi connectivity index (χ0v) is 12.6. The van der Waals surface area contributed by atoms with Gasteiger partial charge < -0.3 is 11.5 Å². The Morgan fingerprint density at radius 3 is 2.40 bits per heavy atom. The molecular formula is C13H21N3O3S. The summed E-state index contributed by atoms with van der Waals surface area (Å²) in [6, 6.07) is 4.00. The lowest BCUT2D eigenvalue weighted by atomic mass is 10.2. The third-order valence-electron chi connectivity index (χ3n) is 3.03. The number of nitrogens with two attached hydrogens (primary N) is 2. The number of carbonyl (C=O) groups is 1. The van der Waals surface area contributed by atoms with E-state index >= 15 is 0 Å². The van der Waals surface area contributed by atoms with E-state index in [2.05, 4.69) is 0 Å². The first kappa shape index (κ1) is 16.5. The molecule has 4 N–H and O–H groups in total. The molecule has 0 bridgehead atoms. The number of primary amides is 1. The quantitative estimate of drug-likeness (QED) is 0.737. The van der Waals surface area contributed by atoms with Gasteiger partial charge in [0.25, 0.3) is 0 Å². The number of carbonyl (C=O) groups excluding carboxylic acids is 1. The summed E-state index contributed by atoms with van der Waals surface area (Å²) in [5.41, 5.74) is 11.1. The van der Waals surface area contributed by atoms with Gasteiger partial charge in [-0.1, -0.05) is 20.3 Å². The first-order valence-corrected chi connectivity index (χ1v) is 7.98. The van der Waals surface area contributed by atoms with E-state index in [-0.39, 0.29) is 16.1 Å². The van der Waals surface area contributed by atoms with Gasteiger partial charge in [-0.2, -0.15) is 4.31 Å². The SMILES string of the molecule is CCCCN(CC)S(=O)(=O)c1ccc(C(N)=O)cc1N. The molecule has 0 radical (unpaired) electrons. The Labute approximate surface area is 119 Å². The van der Waals surface area contributed by atoms with Gasteiger partial charge in [-0.15, -0.1) is 0 Å². The van der Waals surface area contributed by atoms with E-state index in [4.69, 9.17) is 11.5 Å². The topological polar surface area (TPSA) is 106 Å². The fourth-order valence-corrected chi connectivity index (χ4v) is 3.44. The molecule has 1 aromatic carbocycles. The van der Waals surface area contributed by atoms with Crippen molar-refractivity contribution >= 4 is 21.6 Å². The Morgan fingerprint density at radius 2 is 1.95 bits per heavy atom. The van der Waals surface area contributed by atoms with E-state index in [0.717, 1.165) is 12.8 Å². The molecule has 1 aromatic rings. The van der Waals surface area contributed by atoms with E-state index in [0.29, 0.717) is 13.1 Å². The van der Waals surface area contributed by atoms with Gasteiger partial charge in [0.05, 0.1) is 5.69 Å². The average Bonchev–Trinajstić information content (AvgIpc) is 2.38. The largest absolute Gasteiger partial charge is 0.398 e. The molecule has 0 heterocycles. The molecule has 0 aliphatic carbocycles. The summed E-state index contributed by atoms with van der Waals surface area (Å²) in [6.07, 6.45) is 1.69. The van der Waals surface area contributed by atoms with Crippen molar-refractivity contribution < 1.29 is 13.2 Å². The summed E-state index contributed by atoms with van der Waals surface area (Å²) in [4.78, 5) is 11.1. The third-order valence-corrected chi connectivity index (χ3v) is 5.07. The standard InChI is InChI=1S/C13H21N3O3S/c1-3-5-8-16(4-2)20(18,19)12-7-6-10(13(15)17)9-11(12)14/h6-7,9H,3-5,8,14H2,1-2H3,(H2,15,17). The average molecular weight is 299 g/mol. The number of sulfonamides is 1. The van der Waals surface area contributed by atoms with Crippen LogP contribution in [0.15, 0.2) is 23.1 Å². The highest BCUT2D eigenvalue weighted by molar-refractivity contribution is 7.89. The second-order valence-corrected chi connectivity index (χ2v) is 6.37. The molecule has 0 atom stereocenters. The van der Waals surface area contributed by atoms with Crippen LogP contribution in [-0.2, 0) is 10.0 Å². The van der Waals surface area contributed by atoms with Crippen molar-refractivity contribution in [3.63, 3.8) is 0 Å². The number of amides is 1. The summed E-state index contributed by atoms with van der Waals surface area (Å²) in [5, 5.41) is 0. The van der Waals surface area contributed by atoms with Crippen molar-refractivity contribution in [3.05, 3.63) is 23.8 Å². The predicted molar refractivity (Wildman–Crippen MR) is 78.7 cm³/mol. The van der Waals surface area contributed by atoms with Crippen LogP contribution < -0.4 is 11.5 Å². The normalized spacial score (nSPS) is 11.8. The second-order valence-electron chi connectivity index (χ2n) is 4.47. The third kappa shape index (κ3) is 3.49. The Morgan fingerprint density at radius 1 is 1.30 bits per heavy atom. The number of nitrogens with zero attached hydrogens (tertiary/aromatic N) is 1. The predicted octanol–water partition coefficient (Wildman–Crippen LogP) is 1.18. The van der Waals surface area contributed by atoms with Gasteiger partial charge in [0.2, 0.25) is 15.9 Å². The van der Waals surface area contributed by atoms with Crippen LogP contribution in [0.5, 0.6) is 0 Å². The van der Waals surface area contributed by atoms with Gasteiger partial charge >= 0.3 is 0 Å². The highest BCUT2D eigenvalue weighted by atomic mass is 32.2. The van der Waals surface area contributed by atoms with Crippen LogP contribution in [0.4, 0.5) is 5.69 Å². The summed E-state index contributed by atoms with van der Waals surface area (Å²) in [7, 11) is -3.64. The van der Waals surface area contributed by atoms with Crippen molar-refractivity contribution in [2.24, 2.45) is 5.73 Å². The zero-order valence-electron chi connectivity index (χ0n) is 11.8. The van der Waals surface area contributed by atoms with Crippen molar-refractivity contribution in [2.45, 2.75) is 31.6 Å². The van der Waals surface area contributed by atoms with Crippen LogP contribution >= 0.6 is 0 Å². The number of anilines is 1. The number of hydrogen-bond donors (Lipinski definition) is 2. The number of unbranched alkanes of at least 4 members (excludes halogenated alkanes) is 1. The molecule has 7 heteroatoms. The first-order valence-electron chi connectivity index (χ1n) is 6.54. The minimum Gasteiger partial charge on any atom is -0.398 e. The van der Waals surface area contributed by atoms with E-state index < -0.39 is 15.9 Å². The Hall–Kier alpha value is -1.60. The molecule has 0 aromatic heterocycles. The summed E-state index contributed by atoms with van der Waals surface area (Å²) in [6.45, 7) is 4.60. The van der Waals surface area contributed by atoms with Crippen molar-refractivity contribution in [2.75, 3.05) is 18.8 Å².